The minimum absolute atomic E-state index is 0.150. The van der Waals surface area contributed by atoms with Gasteiger partial charge in [0.15, 0.2) is 0 Å². The van der Waals surface area contributed by atoms with Gasteiger partial charge in [0.1, 0.15) is 0 Å². The number of nitrogens with zero attached hydrogens (tertiary/aromatic N) is 1. The maximum Gasteiger partial charge on any atom is 0.246 e. The number of amides is 1. The minimum Gasteiger partial charge on any atom is -0.396 e. The highest BCUT2D eigenvalue weighted by Gasteiger charge is 2.25. The van der Waals surface area contributed by atoms with Crippen LogP contribution in [0, 0.1) is 19.3 Å². The van der Waals surface area contributed by atoms with E-state index in [0.29, 0.717) is 6.54 Å². The summed E-state index contributed by atoms with van der Waals surface area (Å²) in [5.41, 5.74) is 2.64. The fraction of sp³-hybridized carbons (Fsp3) is 0.471. The van der Waals surface area contributed by atoms with Crippen molar-refractivity contribution in [1.82, 2.24) is 4.90 Å². The fourth-order valence-electron chi connectivity index (χ4n) is 2.10. The highest BCUT2D eigenvalue weighted by molar-refractivity contribution is 5.91. The summed E-state index contributed by atoms with van der Waals surface area (Å²) in [5, 5.41) is 18.5. The first-order valence-corrected chi connectivity index (χ1v) is 7.03. The van der Waals surface area contributed by atoms with E-state index in [4.69, 9.17) is 0 Å². The van der Waals surface area contributed by atoms with Gasteiger partial charge in [0, 0.05) is 25.1 Å². The van der Waals surface area contributed by atoms with Crippen molar-refractivity contribution in [3.63, 3.8) is 0 Å². The van der Waals surface area contributed by atoms with Crippen molar-refractivity contribution in [1.29, 1.82) is 0 Å². The van der Waals surface area contributed by atoms with Gasteiger partial charge in [-0.1, -0.05) is 30.7 Å². The van der Waals surface area contributed by atoms with Gasteiger partial charge in [-0.15, -0.1) is 0 Å². The molecule has 2 N–H and O–H groups in total. The van der Waals surface area contributed by atoms with Gasteiger partial charge in [-0.05, 0) is 31.1 Å². The molecule has 1 rings (SSSR count). The Hall–Kier alpha value is -1.65. The zero-order valence-corrected chi connectivity index (χ0v) is 13.3. The largest absolute Gasteiger partial charge is 0.396 e. The first-order valence-electron chi connectivity index (χ1n) is 7.03. The Morgan fingerprint density at radius 1 is 1.29 bits per heavy atom. The average Bonchev–Trinajstić information content (AvgIpc) is 2.45. The number of carbonyl (C=O) groups excluding carboxylic acids is 1. The molecule has 1 aromatic carbocycles. The smallest absolute Gasteiger partial charge is 0.246 e. The van der Waals surface area contributed by atoms with Crippen LogP contribution < -0.4 is 0 Å². The molecule has 0 spiro atoms. The van der Waals surface area contributed by atoms with Crippen LogP contribution >= 0.6 is 0 Å². The predicted molar refractivity (Wildman–Crippen MR) is 84.9 cm³/mol. The van der Waals surface area contributed by atoms with Crippen molar-refractivity contribution in [2.75, 3.05) is 26.8 Å². The Bertz CT molecular complexity index is 519. The number of likely N-dealkylation sites (N-methyl/N-ethyl adjacent to an activating group) is 1. The standard InChI is InChI=1S/C17H25NO3/c1-13-5-6-15(14(2)9-13)7-8-16(21)18(4)10-17(3,11-19)12-20/h5-9,19-20H,10-12H2,1-4H3/b8-7+. The van der Waals surface area contributed by atoms with Crippen LogP contribution in [0.1, 0.15) is 23.6 Å². The zero-order chi connectivity index (χ0) is 16.0. The summed E-state index contributed by atoms with van der Waals surface area (Å²) in [4.78, 5) is 13.6. The van der Waals surface area contributed by atoms with E-state index in [1.807, 2.05) is 26.0 Å². The number of aliphatic hydroxyl groups excluding tert-OH is 2. The third-order valence-electron chi connectivity index (χ3n) is 3.59. The molecule has 0 fully saturated rings. The Morgan fingerprint density at radius 2 is 1.90 bits per heavy atom. The van der Waals surface area contributed by atoms with E-state index in [0.717, 1.165) is 11.1 Å². The summed E-state index contributed by atoms with van der Waals surface area (Å²) in [5.74, 6) is -0.150. The van der Waals surface area contributed by atoms with Crippen LogP contribution in [0.25, 0.3) is 6.08 Å². The van der Waals surface area contributed by atoms with Gasteiger partial charge in [0.2, 0.25) is 5.91 Å². The van der Waals surface area contributed by atoms with Crippen molar-refractivity contribution in [2.24, 2.45) is 5.41 Å². The molecule has 4 heteroatoms. The van der Waals surface area contributed by atoms with Gasteiger partial charge >= 0.3 is 0 Å². The number of hydrogen-bond donors (Lipinski definition) is 2. The van der Waals surface area contributed by atoms with Crippen LogP contribution in [0.2, 0.25) is 0 Å². The Balaban J connectivity index is 2.74. The molecule has 0 radical (unpaired) electrons. The van der Waals surface area contributed by atoms with Gasteiger partial charge in [0.25, 0.3) is 0 Å². The molecular weight excluding hydrogens is 266 g/mol. The third kappa shape index (κ3) is 4.99. The molecule has 0 saturated heterocycles. The maximum atomic E-state index is 12.1. The topological polar surface area (TPSA) is 60.8 Å². The third-order valence-corrected chi connectivity index (χ3v) is 3.59. The first-order chi connectivity index (χ1) is 9.81. The van der Waals surface area contributed by atoms with Crippen LogP contribution in [0.5, 0.6) is 0 Å². The van der Waals surface area contributed by atoms with E-state index in [2.05, 4.69) is 6.07 Å². The van der Waals surface area contributed by atoms with Crippen LogP contribution in [0.15, 0.2) is 24.3 Å². The molecule has 21 heavy (non-hydrogen) atoms. The molecule has 1 amide bonds. The molecule has 0 unspecified atom stereocenters. The molecule has 4 nitrogen and oxygen atoms in total. The van der Waals surface area contributed by atoms with E-state index >= 15 is 0 Å². The Labute approximate surface area is 126 Å². The second-order valence-electron chi connectivity index (χ2n) is 6.01. The summed E-state index contributed by atoms with van der Waals surface area (Å²) in [7, 11) is 1.66. The number of aryl methyl sites for hydroxylation is 2. The van der Waals surface area contributed by atoms with Crippen LogP contribution in [0.4, 0.5) is 0 Å². The van der Waals surface area contributed by atoms with Crippen molar-refractivity contribution >= 4 is 12.0 Å². The Morgan fingerprint density at radius 3 is 2.43 bits per heavy atom. The number of carbonyl (C=O) groups is 1. The summed E-state index contributed by atoms with van der Waals surface area (Å²) in [6, 6.07) is 6.07. The number of rotatable bonds is 6. The summed E-state index contributed by atoms with van der Waals surface area (Å²) < 4.78 is 0. The van der Waals surface area contributed by atoms with Crippen LogP contribution in [-0.4, -0.2) is 47.8 Å². The van der Waals surface area contributed by atoms with Gasteiger partial charge < -0.3 is 15.1 Å². The molecule has 0 bridgehead atoms. The lowest BCUT2D eigenvalue weighted by molar-refractivity contribution is -0.126. The molecule has 0 aliphatic heterocycles. The van der Waals surface area contributed by atoms with E-state index < -0.39 is 5.41 Å². The lowest BCUT2D eigenvalue weighted by Gasteiger charge is -2.29. The zero-order valence-electron chi connectivity index (χ0n) is 13.3. The fourth-order valence-corrected chi connectivity index (χ4v) is 2.10. The summed E-state index contributed by atoms with van der Waals surface area (Å²) in [6.07, 6.45) is 3.32. The van der Waals surface area contributed by atoms with E-state index in [1.54, 1.807) is 20.0 Å². The minimum atomic E-state index is -0.683. The molecule has 0 atom stereocenters. The molecule has 116 valence electrons. The highest BCUT2D eigenvalue weighted by atomic mass is 16.3. The number of benzene rings is 1. The van der Waals surface area contributed by atoms with Gasteiger partial charge in [-0.2, -0.15) is 0 Å². The van der Waals surface area contributed by atoms with Crippen LogP contribution in [0.3, 0.4) is 0 Å². The SMILES string of the molecule is Cc1ccc(/C=C/C(=O)N(C)CC(C)(CO)CO)c(C)c1. The summed E-state index contributed by atoms with van der Waals surface area (Å²) in [6.45, 7) is 5.75. The van der Waals surface area contributed by atoms with Gasteiger partial charge in [0.05, 0.1) is 13.2 Å². The molecule has 1 aromatic rings. The highest BCUT2D eigenvalue weighted by Crippen LogP contribution is 2.16. The van der Waals surface area contributed by atoms with Crippen LogP contribution in [-0.2, 0) is 4.79 Å². The monoisotopic (exact) mass is 291 g/mol. The van der Waals surface area contributed by atoms with Crippen molar-refractivity contribution in [3.8, 4) is 0 Å². The predicted octanol–water partition coefficient (Wildman–Crippen LogP) is 1.77. The second kappa shape index (κ2) is 7.38. The van der Waals surface area contributed by atoms with Crippen molar-refractivity contribution in [3.05, 3.63) is 41.0 Å². The molecule has 0 aliphatic carbocycles. The molecule has 0 aliphatic rings. The molecule has 0 heterocycles. The lowest BCUT2D eigenvalue weighted by atomic mass is 9.92. The maximum absolute atomic E-state index is 12.1. The van der Waals surface area contributed by atoms with Gasteiger partial charge in [-0.25, -0.2) is 0 Å². The molecular formula is C17H25NO3. The second-order valence-corrected chi connectivity index (χ2v) is 6.01. The lowest BCUT2D eigenvalue weighted by Crippen LogP contribution is -2.41. The average molecular weight is 291 g/mol. The number of aliphatic hydroxyl groups is 2. The van der Waals surface area contributed by atoms with E-state index in [1.165, 1.54) is 16.5 Å². The molecule has 0 saturated carbocycles. The van der Waals surface area contributed by atoms with E-state index in [9.17, 15) is 15.0 Å². The molecule has 0 aromatic heterocycles. The van der Waals surface area contributed by atoms with Crippen molar-refractivity contribution < 1.29 is 15.0 Å². The summed E-state index contributed by atoms with van der Waals surface area (Å²) >= 11 is 0. The van der Waals surface area contributed by atoms with Gasteiger partial charge in [-0.3, -0.25) is 4.79 Å². The normalized spacial score (nSPS) is 11.9. The first kappa shape index (κ1) is 17.4. The number of hydrogen-bond acceptors (Lipinski definition) is 3. The quantitative estimate of drug-likeness (QED) is 0.785. The Kier molecular flexibility index (Phi) is 6.12. The van der Waals surface area contributed by atoms with Crippen molar-refractivity contribution in [2.45, 2.75) is 20.8 Å². The van der Waals surface area contributed by atoms with E-state index in [-0.39, 0.29) is 19.1 Å².